The number of benzene rings is 3. The van der Waals surface area contributed by atoms with Gasteiger partial charge in [0.2, 0.25) is 0 Å². The standard InChI is InChI=1S/C24H24O2/c1-23(2,26-19-25)18-24(20-12-6-3-7-13-20,21-14-8-4-9-15-21)22-16-10-5-11-17-22/h3-17,19H,18H2,1-2H3. The Bertz CT molecular complexity index is 727. The zero-order chi connectivity index (χ0) is 18.5. The van der Waals surface area contributed by atoms with Gasteiger partial charge in [-0.2, -0.15) is 0 Å². The monoisotopic (exact) mass is 344 g/mol. The van der Waals surface area contributed by atoms with Gasteiger partial charge in [0.15, 0.2) is 0 Å². The highest BCUT2D eigenvalue weighted by atomic mass is 16.5. The lowest BCUT2D eigenvalue weighted by Crippen LogP contribution is -2.39. The summed E-state index contributed by atoms with van der Waals surface area (Å²) in [6.07, 6.45) is 0.636. The molecule has 3 aromatic carbocycles. The van der Waals surface area contributed by atoms with Crippen LogP contribution in [0.2, 0.25) is 0 Å². The van der Waals surface area contributed by atoms with Crippen LogP contribution in [0.3, 0.4) is 0 Å². The van der Waals surface area contributed by atoms with Crippen molar-refractivity contribution >= 4 is 6.47 Å². The maximum Gasteiger partial charge on any atom is 0.293 e. The van der Waals surface area contributed by atoms with Crippen LogP contribution in [0.1, 0.15) is 37.0 Å². The van der Waals surface area contributed by atoms with Crippen LogP contribution in [-0.2, 0) is 14.9 Å². The lowest BCUT2D eigenvalue weighted by atomic mass is 9.64. The minimum Gasteiger partial charge on any atom is -0.462 e. The van der Waals surface area contributed by atoms with E-state index in [1.807, 2.05) is 32.0 Å². The number of rotatable bonds is 7. The van der Waals surface area contributed by atoms with E-state index in [1.165, 1.54) is 16.7 Å². The molecule has 2 heteroatoms. The molecule has 0 heterocycles. The third-order valence-electron chi connectivity index (χ3n) is 4.86. The zero-order valence-corrected chi connectivity index (χ0v) is 15.3. The van der Waals surface area contributed by atoms with Crippen molar-refractivity contribution in [2.45, 2.75) is 31.3 Å². The highest BCUT2D eigenvalue weighted by Gasteiger charge is 2.41. The third-order valence-corrected chi connectivity index (χ3v) is 4.86. The van der Waals surface area contributed by atoms with E-state index in [4.69, 9.17) is 4.74 Å². The molecule has 0 aliphatic rings. The minimum atomic E-state index is -0.622. The van der Waals surface area contributed by atoms with Crippen molar-refractivity contribution in [1.29, 1.82) is 0 Å². The molecule has 0 fully saturated rings. The Morgan fingerprint density at radius 1 is 0.692 bits per heavy atom. The molecular formula is C24H24O2. The fourth-order valence-electron chi connectivity index (χ4n) is 3.78. The van der Waals surface area contributed by atoms with Crippen molar-refractivity contribution in [3.05, 3.63) is 108 Å². The zero-order valence-electron chi connectivity index (χ0n) is 15.3. The molecular weight excluding hydrogens is 320 g/mol. The summed E-state index contributed by atoms with van der Waals surface area (Å²) in [5.41, 5.74) is 2.50. The second-order valence-corrected chi connectivity index (χ2v) is 7.15. The number of hydrogen-bond donors (Lipinski definition) is 0. The van der Waals surface area contributed by atoms with E-state index in [0.717, 1.165) is 0 Å². The van der Waals surface area contributed by atoms with Gasteiger partial charge in [0.05, 0.1) is 0 Å². The number of ether oxygens (including phenoxy) is 1. The van der Waals surface area contributed by atoms with Crippen LogP contribution in [-0.4, -0.2) is 12.1 Å². The molecule has 0 atom stereocenters. The summed E-state index contributed by atoms with van der Waals surface area (Å²) in [5.74, 6) is 0. The maximum absolute atomic E-state index is 11.1. The molecule has 0 aliphatic heterocycles. The van der Waals surface area contributed by atoms with Gasteiger partial charge in [-0.25, -0.2) is 0 Å². The molecule has 0 spiro atoms. The van der Waals surface area contributed by atoms with Crippen molar-refractivity contribution in [2.75, 3.05) is 0 Å². The summed E-state index contributed by atoms with van der Waals surface area (Å²) in [6, 6.07) is 31.3. The van der Waals surface area contributed by atoms with Crippen molar-refractivity contribution in [3.63, 3.8) is 0 Å². The second kappa shape index (κ2) is 7.57. The van der Waals surface area contributed by atoms with Crippen LogP contribution in [0.15, 0.2) is 91.0 Å². The highest BCUT2D eigenvalue weighted by molar-refractivity contribution is 5.51. The summed E-state index contributed by atoms with van der Waals surface area (Å²) in [6.45, 7) is 4.47. The van der Waals surface area contributed by atoms with E-state index < -0.39 is 11.0 Å². The first kappa shape index (κ1) is 17.9. The Balaban J connectivity index is 2.30. The van der Waals surface area contributed by atoms with E-state index in [9.17, 15) is 4.79 Å². The Labute approximate surface area is 155 Å². The Hall–Kier alpha value is -2.87. The van der Waals surface area contributed by atoms with Crippen molar-refractivity contribution in [2.24, 2.45) is 0 Å². The Morgan fingerprint density at radius 2 is 1.04 bits per heavy atom. The molecule has 0 unspecified atom stereocenters. The third kappa shape index (κ3) is 3.55. The highest BCUT2D eigenvalue weighted by Crippen LogP contribution is 2.45. The molecule has 0 amide bonds. The molecule has 26 heavy (non-hydrogen) atoms. The predicted molar refractivity (Wildman–Crippen MR) is 105 cm³/mol. The van der Waals surface area contributed by atoms with Crippen molar-refractivity contribution in [1.82, 2.24) is 0 Å². The van der Waals surface area contributed by atoms with Gasteiger partial charge in [0.1, 0.15) is 5.60 Å². The SMILES string of the molecule is CC(C)(CC(c1ccccc1)(c1ccccc1)c1ccccc1)OC=O. The molecule has 0 aliphatic carbocycles. The van der Waals surface area contributed by atoms with E-state index in [0.29, 0.717) is 12.9 Å². The molecule has 0 radical (unpaired) electrons. The molecule has 0 saturated carbocycles. The Morgan fingerprint density at radius 3 is 1.35 bits per heavy atom. The maximum atomic E-state index is 11.1. The van der Waals surface area contributed by atoms with Crippen LogP contribution in [0.25, 0.3) is 0 Å². The fraction of sp³-hybridized carbons (Fsp3) is 0.208. The van der Waals surface area contributed by atoms with Gasteiger partial charge in [-0.05, 0) is 30.5 Å². The summed E-state index contributed by atoms with van der Waals surface area (Å²) in [7, 11) is 0. The molecule has 0 saturated heterocycles. The van der Waals surface area contributed by atoms with E-state index in [1.54, 1.807) is 0 Å². The van der Waals surface area contributed by atoms with Gasteiger partial charge in [-0.1, -0.05) is 91.0 Å². The summed E-state index contributed by atoms with van der Waals surface area (Å²) in [5, 5.41) is 0. The normalized spacial score (nSPS) is 11.8. The van der Waals surface area contributed by atoms with Crippen molar-refractivity contribution < 1.29 is 9.53 Å². The van der Waals surface area contributed by atoms with E-state index in [2.05, 4.69) is 72.8 Å². The predicted octanol–water partition coefficient (Wildman–Crippen LogP) is 5.36. The van der Waals surface area contributed by atoms with E-state index >= 15 is 0 Å². The molecule has 3 rings (SSSR count). The number of hydrogen-bond acceptors (Lipinski definition) is 2. The first-order valence-electron chi connectivity index (χ1n) is 8.86. The number of carbonyl (C=O) groups is 1. The average molecular weight is 344 g/mol. The molecule has 0 bridgehead atoms. The topological polar surface area (TPSA) is 26.3 Å². The van der Waals surface area contributed by atoms with Crippen molar-refractivity contribution in [3.8, 4) is 0 Å². The molecule has 0 N–H and O–H groups in total. The van der Waals surface area contributed by atoms with Crippen LogP contribution >= 0.6 is 0 Å². The van der Waals surface area contributed by atoms with Gasteiger partial charge in [0.25, 0.3) is 6.47 Å². The van der Waals surface area contributed by atoms with Gasteiger partial charge in [0, 0.05) is 11.8 Å². The summed E-state index contributed by atoms with van der Waals surface area (Å²) >= 11 is 0. The first-order chi connectivity index (χ1) is 12.6. The van der Waals surface area contributed by atoms with Gasteiger partial charge in [-0.3, -0.25) is 4.79 Å². The van der Waals surface area contributed by atoms with Crippen LogP contribution < -0.4 is 0 Å². The minimum absolute atomic E-state index is 0.420. The van der Waals surface area contributed by atoms with Crippen LogP contribution in [0.5, 0.6) is 0 Å². The largest absolute Gasteiger partial charge is 0.462 e. The Kier molecular flexibility index (Phi) is 5.22. The average Bonchev–Trinajstić information content (AvgIpc) is 2.68. The quantitative estimate of drug-likeness (QED) is 0.426. The van der Waals surface area contributed by atoms with Gasteiger partial charge in [-0.15, -0.1) is 0 Å². The molecule has 0 aromatic heterocycles. The van der Waals surface area contributed by atoms with Gasteiger partial charge >= 0.3 is 0 Å². The summed E-state index contributed by atoms with van der Waals surface area (Å²) < 4.78 is 5.47. The molecule has 2 nitrogen and oxygen atoms in total. The lowest BCUT2D eigenvalue weighted by Gasteiger charge is -2.41. The van der Waals surface area contributed by atoms with Crippen LogP contribution in [0.4, 0.5) is 0 Å². The van der Waals surface area contributed by atoms with E-state index in [-0.39, 0.29) is 0 Å². The fourth-order valence-corrected chi connectivity index (χ4v) is 3.78. The second-order valence-electron chi connectivity index (χ2n) is 7.15. The summed E-state index contributed by atoms with van der Waals surface area (Å²) in [4.78, 5) is 11.1. The van der Waals surface area contributed by atoms with Crippen LogP contribution in [0, 0.1) is 0 Å². The molecule has 3 aromatic rings. The smallest absolute Gasteiger partial charge is 0.293 e. The lowest BCUT2D eigenvalue weighted by molar-refractivity contribution is -0.141. The van der Waals surface area contributed by atoms with Gasteiger partial charge < -0.3 is 4.74 Å². The number of carbonyl (C=O) groups excluding carboxylic acids is 1. The first-order valence-corrected chi connectivity index (χ1v) is 8.86. The molecule has 132 valence electrons.